The molecule has 1 heterocycles. The van der Waals surface area contributed by atoms with Gasteiger partial charge in [0.1, 0.15) is 0 Å². The summed E-state index contributed by atoms with van der Waals surface area (Å²) in [7, 11) is 0. The molecule has 1 aliphatic carbocycles. The van der Waals surface area contributed by atoms with Crippen LogP contribution in [0.25, 0.3) is 0 Å². The summed E-state index contributed by atoms with van der Waals surface area (Å²) >= 11 is 6.32. The number of halogens is 1. The Hall–Kier alpha value is -0.580. The van der Waals surface area contributed by atoms with Crippen LogP contribution < -0.4 is 11.3 Å². The Morgan fingerprint density at radius 3 is 2.56 bits per heavy atom. The van der Waals surface area contributed by atoms with Gasteiger partial charge in [-0.1, -0.05) is 31.4 Å². The molecule has 1 aromatic rings. The predicted octanol–water partition coefficient (Wildman–Crippen LogP) is 3.20. The fourth-order valence-electron chi connectivity index (χ4n) is 3.11. The number of hydrogen-bond donors (Lipinski definition) is 2. The quantitative estimate of drug-likeness (QED) is 0.653. The highest BCUT2D eigenvalue weighted by atomic mass is 35.5. The van der Waals surface area contributed by atoms with Crippen LogP contribution in [0.5, 0.6) is 0 Å². The van der Waals surface area contributed by atoms with Gasteiger partial charge in [-0.3, -0.25) is 16.0 Å². The van der Waals surface area contributed by atoms with Crippen molar-refractivity contribution in [1.82, 2.24) is 15.2 Å². The lowest BCUT2D eigenvalue weighted by Gasteiger charge is -2.34. The topological polar surface area (TPSA) is 55.9 Å². The van der Waals surface area contributed by atoms with E-state index in [4.69, 9.17) is 17.4 Å². The maximum atomic E-state index is 6.32. The molecule has 0 aromatic carbocycles. The molecule has 1 saturated carbocycles. The molecule has 0 saturated heterocycles. The van der Waals surface area contributed by atoms with E-state index in [-0.39, 0.29) is 17.5 Å². The Bertz CT molecular complexity index is 407. The summed E-state index contributed by atoms with van der Waals surface area (Å²) in [6, 6.07) is 0.353. The summed E-state index contributed by atoms with van der Waals surface area (Å²) in [5, 5.41) is 5.08. The van der Waals surface area contributed by atoms with Crippen molar-refractivity contribution < 1.29 is 0 Å². The second-order valence-electron chi connectivity index (χ2n) is 5.88. The van der Waals surface area contributed by atoms with E-state index in [0.29, 0.717) is 5.02 Å². The van der Waals surface area contributed by atoms with Crippen molar-refractivity contribution in [1.29, 1.82) is 0 Å². The van der Waals surface area contributed by atoms with Crippen molar-refractivity contribution in [2.45, 2.75) is 58.5 Å². The Morgan fingerprint density at radius 2 is 2.06 bits per heavy atom. The van der Waals surface area contributed by atoms with Gasteiger partial charge in [0.05, 0.1) is 23.0 Å². The zero-order valence-corrected chi connectivity index (χ0v) is 12.2. The minimum Gasteiger partial charge on any atom is -0.271 e. The standard InChI is InChI=1S/C13H23ClN4/c1-9(2)18-11(10(14)8-16-18)12(17-15)13(3)6-4-5-7-13/h8-9,12,17H,4-7,15H2,1-3H3. The molecule has 18 heavy (non-hydrogen) atoms. The van der Waals surface area contributed by atoms with Gasteiger partial charge >= 0.3 is 0 Å². The number of nitrogens with zero attached hydrogens (tertiary/aromatic N) is 2. The third kappa shape index (κ3) is 2.29. The molecule has 102 valence electrons. The second-order valence-corrected chi connectivity index (χ2v) is 6.28. The highest BCUT2D eigenvalue weighted by molar-refractivity contribution is 6.31. The average Bonchev–Trinajstić information content (AvgIpc) is 2.89. The van der Waals surface area contributed by atoms with E-state index in [1.54, 1.807) is 6.20 Å². The van der Waals surface area contributed by atoms with Gasteiger partial charge in [0.15, 0.2) is 0 Å². The Balaban J connectivity index is 2.41. The first kappa shape index (κ1) is 13.8. The van der Waals surface area contributed by atoms with Crippen molar-refractivity contribution in [3.63, 3.8) is 0 Å². The molecular formula is C13H23ClN4. The zero-order valence-electron chi connectivity index (χ0n) is 11.4. The van der Waals surface area contributed by atoms with E-state index in [1.165, 1.54) is 25.7 Å². The molecule has 1 fully saturated rings. The van der Waals surface area contributed by atoms with Crippen molar-refractivity contribution in [2.24, 2.45) is 11.3 Å². The summed E-state index contributed by atoms with van der Waals surface area (Å²) < 4.78 is 1.98. The molecule has 1 aliphatic rings. The fraction of sp³-hybridized carbons (Fsp3) is 0.769. The first-order valence-electron chi connectivity index (χ1n) is 6.68. The molecule has 1 unspecified atom stereocenters. The van der Waals surface area contributed by atoms with Gasteiger partial charge in [-0.25, -0.2) is 0 Å². The van der Waals surface area contributed by atoms with Crippen LogP contribution in [0.1, 0.15) is 64.2 Å². The van der Waals surface area contributed by atoms with E-state index < -0.39 is 0 Å². The number of hydrazine groups is 1. The van der Waals surface area contributed by atoms with Gasteiger partial charge in [-0.15, -0.1) is 0 Å². The van der Waals surface area contributed by atoms with Crippen LogP contribution in [-0.2, 0) is 0 Å². The van der Waals surface area contributed by atoms with Gasteiger partial charge in [0, 0.05) is 6.04 Å². The van der Waals surface area contributed by atoms with E-state index >= 15 is 0 Å². The monoisotopic (exact) mass is 270 g/mol. The number of nitrogens with one attached hydrogen (secondary N) is 1. The van der Waals surface area contributed by atoms with E-state index in [0.717, 1.165) is 5.69 Å². The lowest BCUT2D eigenvalue weighted by molar-refractivity contribution is 0.212. The molecule has 0 spiro atoms. The average molecular weight is 271 g/mol. The van der Waals surface area contributed by atoms with Crippen LogP contribution in [0.3, 0.4) is 0 Å². The number of hydrogen-bond acceptors (Lipinski definition) is 3. The third-order valence-electron chi connectivity index (χ3n) is 4.16. The Morgan fingerprint density at radius 1 is 1.44 bits per heavy atom. The molecule has 4 nitrogen and oxygen atoms in total. The maximum Gasteiger partial charge on any atom is 0.0835 e. The molecule has 1 aromatic heterocycles. The molecule has 5 heteroatoms. The summed E-state index contributed by atoms with van der Waals surface area (Å²) in [6.45, 7) is 6.51. The van der Waals surface area contributed by atoms with Crippen LogP contribution in [0.4, 0.5) is 0 Å². The molecule has 2 rings (SSSR count). The first-order valence-corrected chi connectivity index (χ1v) is 7.06. The number of aromatic nitrogens is 2. The largest absolute Gasteiger partial charge is 0.271 e. The molecule has 0 bridgehead atoms. The van der Waals surface area contributed by atoms with Crippen LogP contribution in [0.15, 0.2) is 6.20 Å². The number of rotatable bonds is 4. The molecule has 3 N–H and O–H groups in total. The van der Waals surface area contributed by atoms with E-state index in [9.17, 15) is 0 Å². The third-order valence-corrected chi connectivity index (χ3v) is 4.45. The van der Waals surface area contributed by atoms with Crippen molar-refractivity contribution in [2.75, 3.05) is 0 Å². The van der Waals surface area contributed by atoms with Crippen molar-refractivity contribution in [3.8, 4) is 0 Å². The van der Waals surface area contributed by atoms with E-state index in [1.807, 2.05) is 4.68 Å². The van der Waals surface area contributed by atoms with Crippen LogP contribution >= 0.6 is 11.6 Å². The minimum absolute atomic E-state index is 0.0670. The SMILES string of the molecule is CC(C)n1ncc(Cl)c1C(NN)C1(C)CCCC1. The van der Waals surface area contributed by atoms with Gasteiger partial charge in [0.25, 0.3) is 0 Å². The molecular weight excluding hydrogens is 248 g/mol. The maximum absolute atomic E-state index is 6.32. The minimum atomic E-state index is 0.0670. The van der Waals surface area contributed by atoms with Crippen molar-refractivity contribution >= 4 is 11.6 Å². The van der Waals surface area contributed by atoms with Crippen LogP contribution in [-0.4, -0.2) is 9.78 Å². The van der Waals surface area contributed by atoms with E-state index in [2.05, 4.69) is 31.3 Å². The lowest BCUT2D eigenvalue weighted by atomic mass is 9.79. The Labute approximate surface area is 114 Å². The normalized spacial score (nSPS) is 20.6. The first-order chi connectivity index (χ1) is 8.49. The Kier molecular flexibility index (Phi) is 3.99. The molecule has 1 atom stereocenters. The van der Waals surface area contributed by atoms with Crippen LogP contribution in [0.2, 0.25) is 5.02 Å². The van der Waals surface area contributed by atoms with Crippen LogP contribution in [0, 0.1) is 5.41 Å². The molecule has 0 radical (unpaired) electrons. The zero-order chi connectivity index (χ0) is 13.3. The summed E-state index contributed by atoms with van der Waals surface area (Å²) in [6.07, 6.45) is 6.62. The summed E-state index contributed by atoms with van der Waals surface area (Å²) in [4.78, 5) is 0. The summed E-state index contributed by atoms with van der Waals surface area (Å²) in [5.74, 6) is 5.82. The predicted molar refractivity (Wildman–Crippen MR) is 74.3 cm³/mol. The van der Waals surface area contributed by atoms with Gasteiger partial charge < -0.3 is 0 Å². The molecule has 0 amide bonds. The summed E-state index contributed by atoms with van der Waals surface area (Å²) in [5.41, 5.74) is 4.18. The van der Waals surface area contributed by atoms with Gasteiger partial charge in [0.2, 0.25) is 0 Å². The smallest absolute Gasteiger partial charge is 0.0835 e. The van der Waals surface area contributed by atoms with Crippen molar-refractivity contribution in [3.05, 3.63) is 16.9 Å². The highest BCUT2D eigenvalue weighted by Crippen LogP contribution is 2.48. The highest BCUT2D eigenvalue weighted by Gasteiger charge is 2.40. The lowest BCUT2D eigenvalue weighted by Crippen LogP contribution is -2.40. The van der Waals surface area contributed by atoms with Gasteiger partial charge in [-0.2, -0.15) is 5.10 Å². The molecule has 0 aliphatic heterocycles. The second kappa shape index (κ2) is 5.19. The fourth-order valence-corrected chi connectivity index (χ4v) is 3.35. The van der Waals surface area contributed by atoms with Gasteiger partial charge in [-0.05, 0) is 32.1 Å². The number of nitrogens with two attached hydrogens (primary N) is 1.